The van der Waals surface area contributed by atoms with Crippen LogP contribution >= 0.6 is 0 Å². The normalized spacial score (nSPS) is 21.0. The summed E-state index contributed by atoms with van der Waals surface area (Å²) < 4.78 is 0. The van der Waals surface area contributed by atoms with Crippen molar-refractivity contribution in [3.8, 4) is 0 Å². The Kier molecular flexibility index (Phi) is 4.01. The van der Waals surface area contributed by atoms with Gasteiger partial charge in [-0.1, -0.05) is 45.2 Å². The van der Waals surface area contributed by atoms with Crippen molar-refractivity contribution in [1.82, 2.24) is 5.32 Å². The number of carbonyl (C=O) groups is 1. The minimum atomic E-state index is -0.655. The third kappa shape index (κ3) is 3.11. The van der Waals surface area contributed by atoms with E-state index in [1.165, 1.54) is 0 Å². The summed E-state index contributed by atoms with van der Waals surface area (Å²) in [5, 5.41) is 14.9. The second-order valence-corrected chi connectivity index (χ2v) is 5.83. The Morgan fingerprint density at radius 3 is 2.24 bits per heavy atom. The third-order valence-corrected chi connectivity index (χ3v) is 3.34. The smallest absolute Gasteiger partial charge is 0.226 e. The highest BCUT2D eigenvalue weighted by Gasteiger charge is 2.40. The van der Waals surface area contributed by atoms with Gasteiger partial charge in [-0.05, 0) is 12.8 Å². The largest absolute Gasteiger partial charge is 0.409 e. The molecule has 5 heteroatoms. The SMILES string of the molecule is CC(C)(C)C(=O)NC1(/C(N)=N/O)CCCCC1. The summed E-state index contributed by atoms with van der Waals surface area (Å²) in [5.41, 5.74) is 4.63. The second kappa shape index (κ2) is 4.94. The van der Waals surface area contributed by atoms with Crippen molar-refractivity contribution in [3.05, 3.63) is 0 Å². The molecule has 1 amide bonds. The molecule has 4 N–H and O–H groups in total. The summed E-state index contributed by atoms with van der Waals surface area (Å²) in [4.78, 5) is 12.1. The molecule has 0 aromatic rings. The first kappa shape index (κ1) is 13.8. The minimum absolute atomic E-state index is 0.0639. The van der Waals surface area contributed by atoms with E-state index < -0.39 is 11.0 Å². The molecule has 0 aromatic carbocycles. The first-order chi connectivity index (χ1) is 7.82. The Morgan fingerprint density at radius 1 is 1.29 bits per heavy atom. The fourth-order valence-corrected chi connectivity index (χ4v) is 2.10. The van der Waals surface area contributed by atoms with Crippen molar-refractivity contribution >= 4 is 11.7 Å². The summed E-state index contributed by atoms with van der Waals surface area (Å²) in [6.07, 6.45) is 4.59. The van der Waals surface area contributed by atoms with Gasteiger partial charge in [0.15, 0.2) is 5.84 Å². The quantitative estimate of drug-likeness (QED) is 0.297. The highest BCUT2D eigenvalue weighted by atomic mass is 16.4. The Bertz CT molecular complexity index is 312. The van der Waals surface area contributed by atoms with E-state index in [-0.39, 0.29) is 11.7 Å². The van der Waals surface area contributed by atoms with Gasteiger partial charge in [0.05, 0.1) is 0 Å². The van der Waals surface area contributed by atoms with E-state index in [1.54, 1.807) is 0 Å². The van der Waals surface area contributed by atoms with Crippen molar-refractivity contribution in [2.45, 2.75) is 58.4 Å². The summed E-state index contributed by atoms with van der Waals surface area (Å²) in [5.74, 6) is 0.0563. The molecule has 0 heterocycles. The maximum atomic E-state index is 12.1. The molecule has 98 valence electrons. The van der Waals surface area contributed by atoms with Crippen LogP contribution in [0, 0.1) is 5.41 Å². The zero-order valence-corrected chi connectivity index (χ0v) is 10.9. The molecule has 1 aliphatic carbocycles. The fraction of sp³-hybridized carbons (Fsp3) is 0.833. The number of oxime groups is 1. The number of nitrogens with one attached hydrogen (secondary N) is 1. The number of hydrogen-bond acceptors (Lipinski definition) is 3. The van der Waals surface area contributed by atoms with Crippen LogP contribution < -0.4 is 11.1 Å². The Labute approximate surface area is 102 Å². The van der Waals surface area contributed by atoms with Gasteiger partial charge in [-0.25, -0.2) is 0 Å². The van der Waals surface area contributed by atoms with Gasteiger partial charge in [-0.15, -0.1) is 0 Å². The lowest BCUT2D eigenvalue weighted by molar-refractivity contribution is -0.130. The molecular weight excluding hydrogens is 218 g/mol. The molecule has 0 aliphatic heterocycles. The molecule has 0 spiro atoms. The minimum Gasteiger partial charge on any atom is -0.409 e. The fourth-order valence-electron chi connectivity index (χ4n) is 2.10. The van der Waals surface area contributed by atoms with E-state index in [1.807, 2.05) is 20.8 Å². The zero-order valence-electron chi connectivity index (χ0n) is 10.9. The summed E-state index contributed by atoms with van der Waals surface area (Å²) in [7, 11) is 0. The zero-order chi connectivity index (χ0) is 13.1. The number of amidine groups is 1. The van der Waals surface area contributed by atoms with E-state index in [4.69, 9.17) is 10.9 Å². The van der Waals surface area contributed by atoms with Gasteiger partial charge >= 0.3 is 0 Å². The molecule has 1 aliphatic rings. The monoisotopic (exact) mass is 241 g/mol. The topological polar surface area (TPSA) is 87.7 Å². The maximum Gasteiger partial charge on any atom is 0.226 e. The number of nitrogens with two attached hydrogens (primary N) is 1. The van der Waals surface area contributed by atoms with Crippen LogP contribution in [0.3, 0.4) is 0 Å². The van der Waals surface area contributed by atoms with Gasteiger partial charge in [0, 0.05) is 5.41 Å². The van der Waals surface area contributed by atoms with Crippen molar-refractivity contribution in [2.75, 3.05) is 0 Å². The van der Waals surface area contributed by atoms with Crippen LogP contribution in [-0.4, -0.2) is 22.5 Å². The molecule has 0 saturated heterocycles. The average molecular weight is 241 g/mol. The van der Waals surface area contributed by atoms with Gasteiger partial charge in [-0.2, -0.15) is 0 Å². The van der Waals surface area contributed by atoms with Crippen LogP contribution in [0.1, 0.15) is 52.9 Å². The molecule has 0 radical (unpaired) electrons. The van der Waals surface area contributed by atoms with E-state index in [2.05, 4.69) is 10.5 Å². The third-order valence-electron chi connectivity index (χ3n) is 3.34. The van der Waals surface area contributed by atoms with Crippen molar-refractivity contribution in [2.24, 2.45) is 16.3 Å². The van der Waals surface area contributed by atoms with Crippen molar-refractivity contribution < 1.29 is 10.0 Å². The van der Waals surface area contributed by atoms with Crippen LogP contribution in [0.2, 0.25) is 0 Å². The van der Waals surface area contributed by atoms with Crippen LogP contribution in [0.25, 0.3) is 0 Å². The van der Waals surface area contributed by atoms with Crippen LogP contribution in [0.4, 0.5) is 0 Å². The van der Waals surface area contributed by atoms with Gasteiger partial charge in [-0.3, -0.25) is 4.79 Å². The van der Waals surface area contributed by atoms with E-state index in [9.17, 15) is 4.79 Å². The summed E-state index contributed by atoms with van der Waals surface area (Å²) >= 11 is 0. The van der Waals surface area contributed by atoms with E-state index in [0.29, 0.717) is 0 Å². The Morgan fingerprint density at radius 2 is 1.82 bits per heavy atom. The van der Waals surface area contributed by atoms with Gasteiger partial charge in [0.25, 0.3) is 0 Å². The molecule has 0 aromatic heterocycles. The first-order valence-electron chi connectivity index (χ1n) is 6.12. The lowest BCUT2D eigenvalue weighted by Gasteiger charge is -2.38. The highest BCUT2D eigenvalue weighted by Crippen LogP contribution is 2.29. The lowest BCUT2D eigenvalue weighted by atomic mass is 9.79. The van der Waals surface area contributed by atoms with Crippen molar-refractivity contribution in [1.29, 1.82) is 0 Å². The molecule has 0 atom stereocenters. The predicted molar refractivity (Wildman–Crippen MR) is 66.8 cm³/mol. The van der Waals surface area contributed by atoms with Gasteiger partial charge < -0.3 is 16.3 Å². The van der Waals surface area contributed by atoms with Crippen molar-refractivity contribution in [3.63, 3.8) is 0 Å². The molecule has 0 bridgehead atoms. The molecule has 1 saturated carbocycles. The Hall–Kier alpha value is -1.26. The molecule has 1 fully saturated rings. The summed E-state index contributed by atoms with van der Waals surface area (Å²) in [6.45, 7) is 5.56. The molecule has 5 nitrogen and oxygen atoms in total. The van der Waals surface area contributed by atoms with Crippen LogP contribution in [0.15, 0.2) is 5.16 Å². The Balaban J connectivity index is 2.89. The van der Waals surface area contributed by atoms with E-state index >= 15 is 0 Å². The number of rotatable bonds is 2. The second-order valence-electron chi connectivity index (χ2n) is 5.83. The first-order valence-corrected chi connectivity index (χ1v) is 6.12. The highest BCUT2D eigenvalue weighted by molar-refractivity contribution is 5.95. The van der Waals surface area contributed by atoms with Gasteiger partial charge in [0.1, 0.15) is 5.54 Å². The number of carbonyl (C=O) groups excluding carboxylic acids is 1. The lowest BCUT2D eigenvalue weighted by Crippen LogP contribution is -2.60. The van der Waals surface area contributed by atoms with E-state index in [0.717, 1.165) is 32.1 Å². The summed E-state index contributed by atoms with van der Waals surface area (Å²) in [6, 6.07) is 0. The number of hydrogen-bond donors (Lipinski definition) is 3. The molecule has 1 rings (SSSR count). The average Bonchev–Trinajstić information content (AvgIpc) is 2.27. The molecule has 0 unspecified atom stereocenters. The van der Waals surface area contributed by atoms with Crippen LogP contribution in [0.5, 0.6) is 0 Å². The van der Waals surface area contributed by atoms with Gasteiger partial charge in [0.2, 0.25) is 5.91 Å². The molecular formula is C12H23N3O2. The number of nitrogens with zero attached hydrogens (tertiary/aromatic N) is 1. The standard InChI is InChI=1S/C12H23N3O2/c1-11(2,3)10(16)14-12(9(13)15-17)7-5-4-6-8-12/h17H,4-8H2,1-3H3,(H2,13,15)(H,14,16). The maximum absolute atomic E-state index is 12.1. The van der Waals surface area contributed by atoms with Crippen LogP contribution in [-0.2, 0) is 4.79 Å². The molecule has 17 heavy (non-hydrogen) atoms. The predicted octanol–water partition coefficient (Wildman–Crippen LogP) is 1.60. The number of amides is 1.